The lowest BCUT2D eigenvalue weighted by molar-refractivity contribution is -0.117. The molecule has 3 rings (SSSR count). The van der Waals surface area contributed by atoms with Crippen LogP contribution in [0.3, 0.4) is 0 Å². The number of hydrogen-bond acceptors (Lipinski definition) is 1. The van der Waals surface area contributed by atoms with Crippen LogP contribution in [0, 0.1) is 11.6 Å². The molecular weight excluding hydrogens is 296 g/mol. The van der Waals surface area contributed by atoms with E-state index in [0.29, 0.717) is 5.56 Å². The first kappa shape index (κ1) is 14.0. The van der Waals surface area contributed by atoms with E-state index in [4.69, 9.17) is 11.6 Å². The van der Waals surface area contributed by atoms with Gasteiger partial charge < -0.3 is 4.90 Å². The van der Waals surface area contributed by atoms with E-state index >= 15 is 0 Å². The van der Waals surface area contributed by atoms with Gasteiger partial charge in [-0.25, -0.2) is 8.78 Å². The number of anilines is 1. The Balaban J connectivity index is 2.02. The molecule has 1 aliphatic rings. The minimum Gasteiger partial charge on any atom is -0.315 e. The van der Waals surface area contributed by atoms with Crippen LogP contribution in [0.1, 0.15) is 22.1 Å². The average Bonchev–Trinajstić information content (AvgIpc) is 2.73. The molecule has 108 valence electrons. The predicted octanol–water partition coefficient (Wildman–Crippen LogP) is 3.81. The summed E-state index contributed by atoms with van der Waals surface area (Å²) in [6, 6.07) is 8.84. The molecular formula is C16H12ClF2NO. The number of rotatable bonds is 2. The Morgan fingerprint density at radius 1 is 1.19 bits per heavy atom. The molecule has 0 N–H and O–H groups in total. The van der Waals surface area contributed by atoms with Crippen molar-refractivity contribution >= 4 is 23.2 Å². The molecule has 1 amide bonds. The zero-order chi connectivity index (χ0) is 15.1. The summed E-state index contributed by atoms with van der Waals surface area (Å²) in [5, 5.41) is -0.933. The van der Waals surface area contributed by atoms with Gasteiger partial charge in [0.15, 0.2) is 0 Å². The second kappa shape index (κ2) is 5.11. The molecule has 2 aromatic carbocycles. The molecule has 1 atom stereocenters. The van der Waals surface area contributed by atoms with Crippen LogP contribution in [0.15, 0.2) is 36.4 Å². The smallest absolute Gasteiger partial charge is 0.231 e. The maximum atomic E-state index is 13.8. The number of hydrogen-bond donors (Lipinski definition) is 0. The van der Waals surface area contributed by atoms with Gasteiger partial charge >= 0.3 is 0 Å². The number of carbonyl (C=O) groups excluding carboxylic acids is 1. The molecule has 1 unspecified atom stereocenters. The lowest BCUT2D eigenvalue weighted by Gasteiger charge is -2.15. The van der Waals surface area contributed by atoms with Gasteiger partial charge in [-0.1, -0.05) is 18.2 Å². The number of benzene rings is 2. The number of nitrogens with zero attached hydrogens (tertiary/aromatic N) is 1. The van der Waals surface area contributed by atoms with E-state index in [2.05, 4.69) is 0 Å². The number of amides is 1. The van der Waals surface area contributed by atoms with Gasteiger partial charge in [-0.15, -0.1) is 11.6 Å². The van der Waals surface area contributed by atoms with Gasteiger partial charge in [0.2, 0.25) is 5.91 Å². The minimum atomic E-state index is -0.933. The normalized spacial score (nSPS) is 15.2. The summed E-state index contributed by atoms with van der Waals surface area (Å²) >= 11 is 6.24. The molecule has 21 heavy (non-hydrogen) atoms. The summed E-state index contributed by atoms with van der Waals surface area (Å²) < 4.78 is 27.6. The summed E-state index contributed by atoms with van der Waals surface area (Å²) in [5.41, 5.74) is 2.03. The molecule has 5 heteroatoms. The van der Waals surface area contributed by atoms with Crippen molar-refractivity contribution in [1.29, 1.82) is 0 Å². The van der Waals surface area contributed by atoms with E-state index in [-0.39, 0.29) is 17.9 Å². The summed E-state index contributed by atoms with van der Waals surface area (Å²) in [5.74, 6) is -1.36. The number of fused-ring (bicyclic) bond motifs is 1. The van der Waals surface area contributed by atoms with Crippen LogP contribution in [0.4, 0.5) is 14.5 Å². The third-order valence-corrected chi connectivity index (χ3v) is 4.20. The fraction of sp³-hybridized carbons (Fsp3) is 0.188. The maximum Gasteiger partial charge on any atom is 0.231 e. The van der Waals surface area contributed by atoms with Gasteiger partial charge in [-0.2, -0.15) is 0 Å². The Morgan fingerprint density at radius 3 is 2.52 bits per heavy atom. The fourth-order valence-electron chi connectivity index (χ4n) is 2.57. The lowest BCUT2D eigenvalue weighted by Crippen LogP contribution is -2.20. The van der Waals surface area contributed by atoms with Crippen molar-refractivity contribution in [2.24, 2.45) is 0 Å². The third-order valence-electron chi connectivity index (χ3n) is 3.73. The Morgan fingerprint density at radius 2 is 1.86 bits per heavy atom. The summed E-state index contributed by atoms with van der Waals surface area (Å²) in [6.07, 6.45) is 0.281. The summed E-state index contributed by atoms with van der Waals surface area (Å²) in [6.45, 7) is 0. The van der Waals surface area contributed by atoms with Crippen molar-refractivity contribution in [2.45, 2.75) is 11.8 Å². The average molecular weight is 308 g/mol. The van der Waals surface area contributed by atoms with E-state index in [0.717, 1.165) is 11.3 Å². The maximum absolute atomic E-state index is 13.8. The van der Waals surface area contributed by atoms with Crippen molar-refractivity contribution in [3.05, 3.63) is 64.7 Å². The minimum absolute atomic E-state index is 0.00894. The second-order valence-electron chi connectivity index (χ2n) is 5.02. The highest BCUT2D eigenvalue weighted by molar-refractivity contribution is 6.22. The number of alkyl halides is 1. The number of likely N-dealkylation sites (N-methyl/N-ethyl adjacent to an activating group) is 1. The lowest BCUT2D eigenvalue weighted by atomic mass is 10.00. The number of carbonyl (C=O) groups is 1. The second-order valence-corrected chi connectivity index (χ2v) is 5.45. The Labute approximate surface area is 125 Å². The molecule has 1 heterocycles. The largest absolute Gasteiger partial charge is 0.315 e. The third kappa shape index (κ3) is 2.29. The molecule has 0 bridgehead atoms. The molecule has 0 saturated carbocycles. The van der Waals surface area contributed by atoms with Gasteiger partial charge in [-0.3, -0.25) is 4.79 Å². The first-order chi connectivity index (χ1) is 9.99. The van der Waals surface area contributed by atoms with Crippen LogP contribution in [0.5, 0.6) is 0 Å². The van der Waals surface area contributed by atoms with Crippen molar-refractivity contribution in [1.82, 2.24) is 0 Å². The highest BCUT2D eigenvalue weighted by Gasteiger charge is 2.26. The van der Waals surface area contributed by atoms with Gasteiger partial charge in [-0.05, 0) is 29.3 Å². The van der Waals surface area contributed by atoms with Crippen LogP contribution < -0.4 is 4.90 Å². The molecule has 0 radical (unpaired) electrons. The Bertz CT molecular complexity index is 712. The monoisotopic (exact) mass is 307 g/mol. The Kier molecular flexibility index (Phi) is 3.41. The van der Waals surface area contributed by atoms with Gasteiger partial charge in [0, 0.05) is 18.3 Å². The van der Waals surface area contributed by atoms with E-state index in [1.165, 1.54) is 18.2 Å². The van der Waals surface area contributed by atoms with Gasteiger partial charge in [0.25, 0.3) is 0 Å². The summed E-state index contributed by atoms with van der Waals surface area (Å²) in [4.78, 5) is 13.2. The van der Waals surface area contributed by atoms with Gasteiger partial charge in [0.05, 0.1) is 11.8 Å². The van der Waals surface area contributed by atoms with Crippen molar-refractivity contribution in [3.8, 4) is 0 Å². The van der Waals surface area contributed by atoms with E-state index < -0.39 is 17.0 Å². The zero-order valence-corrected chi connectivity index (χ0v) is 12.0. The molecule has 0 saturated heterocycles. The number of halogens is 3. The predicted molar refractivity (Wildman–Crippen MR) is 77.6 cm³/mol. The molecule has 0 fully saturated rings. The van der Waals surface area contributed by atoms with Crippen molar-refractivity contribution in [3.63, 3.8) is 0 Å². The molecule has 0 aromatic heterocycles. The van der Waals surface area contributed by atoms with Crippen LogP contribution in [0.25, 0.3) is 0 Å². The topological polar surface area (TPSA) is 20.3 Å². The first-order valence-electron chi connectivity index (χ1n) is 6.46. The standard InChI is InChI=1S/C16H12ClF2NO/c1-20-13-6-5-9(7-10(13)8-14(20)21)16(17)15-11(18)3-2-4-12(15)19/h2-7,16H,8H2,1H3. The van der Waals surface area contributed by atoms with Crippen molar-refractivity contribution < 1.29 is 13.6 Å². The molecule has 0 spiro atoms. The molecule has 1 aliphatic heterocycles. The van der Waals surface area contributed by atoms with E-state index in [9.17, 15) is 13.6 Å². The highest BCUT2D eigenvalue weighted by atomic mass is 35.5. The Hall–Kier alpha value is -1.94. The van der Waals surface area contributed by atoms with Crippen molar-refractivity contribution in [2.75, 3.05) is 11.9 Å². The van der Waals surface area contributed by atoms with Crippen LogP contribution >= 0.6 is 11.6 Å². The SMILES string of the molecule is CN1C(=O)Cc2cc(C(Cl)c3c(F)cccc3F)ccc21. The highest BCUT2D eigenvalue weighted by Crippen LogP contribution is 2.36. The fourth-order valence-corrected chi connectivity index (χ4v) is 2.91. The first-order valence-corrected chi connectivity index (χ1v) is 6.90. The van der Waals surface area contributed by atoms with E-state index in [1.807, 2.05) is 0 Å². The molecule has 0 aliphatic carbocycles. The molecule has 2 nitrogen and oxygen atoms in total. The van der Waals surface area contributed by atoms with Gasteiger partial charge in [0.1, 0.15) is 11.6 Å². The van der Waals surface area contributed by atoms with Crippen LogP contribution in [-0.4, -0.2) is 13.0 Å². The molecule has 2 aromatic rings. The van der Waals surface area contributed by atoms with Crippen LogP contribution in [0.2, 0.25) is 0 Å². The van der Waals surface area contributed by atoms with E-state index in [1.54, 1.807) is 30.1 Å². The summed E-state index contributed by atoms with van der Waals surface area (Å²) in [7, 11) is 1.70. The zero-order valence-electron chi connectivity index (χ0n) is 11.2. The quantitative estimate of drug-likeness (QED) is 0.773. The van der Waals surface area contributed by atoms with Crippen LogP contribution in [-0.2, 0) is 11.2 Å².